The number of carbonyl (C=O) groups is 1. The molecular formula is C20H13ClO2. The van der Waals surface area contributed by atoms with Gasteiger partial charge in [-0.25, -0.2) is 4.79 Å². The van der Waals surface area contributed by atoms with Crippen molar-refractivity contribution in [3.8, 4) is 11.1 Å². The second kappa shape index (κ2) is 5.56. The molecule has 3 aromatic carbocycles. The summed E-state index contributed by atoms with van der Waals surface area (Å²) < 4.78 is 5.81. The Morgan fingerprint density at radius 3 is 1.91 bits per heavy atom. The predicted octanol–water partition coefficient (Wildman–Crippen LogP) is 5.27. The average Bonchev–Trinajstić information content (AvgIpc) is 2.90. The van der Waals surface area contributed by atoms with E-state index in [9.17, 15) is 4.79 Å². The van der Waals surface area contributed by atoms with Crippen LogP contribution in [0.4, 0.5) is 0 Å². The summed E-state index contributed by atoms with van der Waals surface area (Å²) in [6, 6.07) is 22.9. The van der Waals surface area contributed by atoms with Gasteiger partial charge in [-0.15, -0.1) is 0 Å². The monoisotopic (exact) mass is 320 g/mol. The van der Waals surface area contributed by atoms with Crippen molar-refractivity contribution in [1.82, 2.24) is 0 Å². The Bertz CT molecular complexity index is 856. The van der Waals surface area contributed by atoms with Crippen molar-refractivity contribution in [2.75, 3.05) is 0 Å². The second-order valence-electron chi connectivity index (χ2n) is 5.44. The van der Waals surface area contributed by atoms with Gasteiger partial charge in [0.05, 0.1) is 10.6 Å². The maximum atomic E-state index is 12.5. The van der Waals surface area contributed by atoms with Gasteiger partial charge in [0.25, 0.3) is 0 Å². The first kappa shape index (κ1) is 14.0. The molecule has 0 spiro atoms. The number of ether oxygens (including phenoxy) is 1. The summed E-state index contributed by atoms with van der Waals surface area (Å²) in [5.41, 5.74) is 4.62. The highest BCUT2D eigenvalue weighted by Gasteiger charge is 2.31. The fourth-order valence-electron chi connectivity index (χ4n) is 3.03. The molecule has 0 heterocycles. The first-order valence-electron chi connectivity index (χ1n) is 7.39. The van der Waals surface area contributed by atoms with Gasteiger partial charge in [0, 0.05) is 11.1 Å². The first-order chi connectivity index (χ1) is 11.3. The van der Waals surface area contributed by atoms with E-state index in [0.717, 1.165) is 22.3 Å². The van der Waals surface area contributed by atoms with E-state index >= 15 is 0 Å². The van der Waals surface area contributed by atoms with Crippen LogP contribution in [-0.2, 0) is 4.74 Å². The topological polar surface area (TPSA) is 26.3 Å². The van der Waals surface area contributed by atoms with Gasteiger partial charge in [-0.05, 0) is 23.3 Å². The Hall–Kier alpha value is -2.58. The highest BCUT2D eigenvalue weighted by atomic mass is 35.5. The van der Waals surface area contributed by atoms with Crippen molar-refractivity contribution < 1.29 is 9.53 Å². The molecule has 0 amide bonds. The van der Waals surface area contributed by atoms with Crippen LogP contribution in [-0.4, -0.2) is 5.97 Å². The summed E-state index contributed by atoms with van der Waals surface area (Å²) >= 11 is 6.10. The number of halogens is 1. The number of benzene rings is 3. The molecular weight excluding hydrogens is 308 g/mol. The second-order valence-corrected chi connectivity index (χ2v) is 5.85. The van der Waals surface area contributed by atoms with Gasteiger partial charge in [0.2, 0.25) is 0 Å². The van der Waals surface area contributed by atoms with E-state index in [2.05, 4.69) is 12.1 Å². The standard InChI is InChI=1S/C20H13ClO2/c21-18-12-6-5-11-17(18)20(22)23-19-15-9-3-1-7-13(15)14-8-2-4-10-16(14)19/h1-12,19H. The van der Waals surface area contributed by atoms with Gasteiger partial charge in [-0.2, -0.15) is 0 Å². The minimum absolute atomic E-state index is 0.385. The van der Waals surface area contributed by atoms with Crippen LogP contribution < -0.4 is 0 Å². The average molecular weight is 321 g/mol. The van der Waals surface area contributed by atoms with E-state index in [1.807, 2.05) is 36.4 Å². The predicted molar refractivity (Wildman–Crippen MR) is 90.6 cm³/mol. The maximum absolute atomic E-state index is 12.5. The Kier molecular flexibility index (Phi) is 3.40. The van der Waals surface area contributed by atoms with E-state index < -0.39 is 12.1 Å². The lowest BCUT2D eigenvalue weighted by Crippen LogP contribution is -2.11. The Morgan fingerprint density at radius 1 is 0.783 bits per heavy atom. The van der Waals surface area contributed by atoms with Gasteiger partial charge < -0.3 is 4.74 Å². The number of fused-ring (bicyclic) bond motifs is 3. The van der Waals surface area contributed by atoms with Crippen molar-refractivity contribution in [3.05, 3.63) is 94.5 Å². The SMILES string of the molecule is O=C(OC1c2ccccc2-c2ccccc21)c1ccccc1Cl. The fraction of sp³-hybridized carbons (Fsp3) is 0.0500. The van der Waals surface area contributed by atoms with E-state index in [-0.39, 0.29) is 0 Å². The quantitative estimate of drug-likeness (QED) is 0.601. The molecule has 0 saturated carbocycles. The van der Waals surface area contributed by atoms with Crippen LogP contribution in [0.1, 0.15) is 27.6 Å². The Balaban J connectivity index is 1.75. The van der Waals surface area contributed by atoms with Crippen molar-refractivity contribution in [3.63, 3.8) is 0 Å². The van der Waals surface area contributed by atoms with E-state index in [0.29, 0.717) is 10.6 Å². The van der Waals surface area contributed by atoms with Gasteiger partial charge in [0.1, 0.15) is 0 Å². The van der Waals surface area contributed by atoms with Gasteiger partial charge in [-0.1, -0.05) is 72.3 Å². The maximum Gasteiger partial charge on any atom is 0.340 e. The molecule has 0 radical (unpaired) electrons. The van der Waals surface area contributed by atoms with Crippen LogP contribution in [0.3, 0.4) is 0 Å². The summed E-state index contributed by atoms with van der Waals surface area (Å²) in [4.78, 5) is 12.5. The molecule has 1 aliphatic carbocycles. The molecule has 0 aromatic heterocycles. The molecule has 3 heteroatoms. The molecule has 0 unspecified atom stereocenters. The summed E-state index contributed by atoms with van der Waals surface area (Å²) in [5.74, 6) is -0.410. The van der Waals surface area contributed by atoms with Crippen LogP contribution in [0.25, 0.3) is 11.1 Å². The summed E-state index contributed by atoms with van der Waals surface area (Å²) in [5, 5.41) is 0.400. The molecule has 23 heavy (non-hydrogen) atoms. The zero-order valence-electron chi connectivity index (χ0n) is 12.2. The summed E-state index contributed by atoms with van der Waals surface area (Å²) in [6.07, 6.45) is -0.397. The number of carbonyl (C=O) groups excluding carboxylic acids is 1. The summed E-state index contributed by atoms with van der Waals surface area (Å²) in [6.45, 7) is 0. The van der Waals surface area contributed by atoms with Crippen molar-refractivity contribution >= 4 is 17.6 Å². The minimum Gasteiger partial charge on any atom is -0.449 e. The van der Waals surface area contributed by atoms with Crippen molar-refractivity contribution in [1.29, 1.82) is 0 Å². The number of hydrogen-bond acceptors (Lipinski definition) is 2. The van der Waals surface area contributed by atoms with Crippen LogP contribution in [0.5, 0.6) is 0 Å². The number of hydrogen-bond donors (Lipinski definition) is 0. The van der Waals surface area contributed by atoms with Crippen LogP contribution >= 0.6 is 11.6 Å². The molecule has 2 nitrogen and oxygen atoms in total. The van der Waals surface area contributed by atoms with E-state index in [4.69, 9.17) is 16.3 Å². The van der Waals surface area contributed by atoms with Crippen LogP contribution in [0.2, 0.25) is 5.02 Å². The lowest BCUT2D eigenvalue weighted by molar-refractivity contribution is 0.0386. The van der Waals surface area contributed by atoms with Crippen LogP contribution in [0, 0.1) is 0 Å². The molecule has 0 N–H and O–H groups in total. The molecule has 0 fully saturated rings. The van der Waals surface area contributed by atoms with Crippen LogP contribution in [0.15, 0.2) is 72.8 Å². The van der Waals surface area contributed by atoms with Gasteiger partial charge in [0.15, 0.2) is 6.10 Å². The normalized spacial score (nSPS) is 12.6. The number of esters is 1. The molecule has 3 aromatic rings. The molecule has 4 rings (SSSR count). The highest BCUT2D eigenvalue weighted by molar-refractivity contribution is 6.33. The lowest BCUT2D eigenvalue weighted by Gasteiger charge is -2.15. The lowest BCUT2D eigenvalue weighted by atomic mass is 10.1. The smallest absolute Gasteiger partial charge is 0.340 e. The molecule has 0 saturated heterocycles. The van der Waals surface area contributed by atoms with E-state index in [1.54, 1.807) is 24.3 Å². The fourth-order valence-corrected chi connectivity index (χ4v) is 3.25. The first-order valence-corrected chi connectivity index (χ1v) is 7.77. The Labute approximate surface area is 139 Å². The van der Waals surface area contributed by atoms with Crippen molar-refractivity contribution in [2.45, 2.75) is 6.10 Å². The van der Waals surface area contributed by atoms with Gasteiger partial charge in [-0.3, -0.25) is 0 Å². The van der Waals surface area contributed by atoms with Crippen molar-refractivity contribution in [2.24, 2.45) is 0 Å². The molecule has 0 bridgehead atoms. The highest BCUT2D eigenvalue weighted by Crippen LogP contribution is 2.45. The minimum atomic E-state index is -0.410. The zero-order valence-corrected chi connectivity index (χ0v) is 13.0. The van der Waals surface area contributed by atoms with Gasteiger partial charge >= 0.3 is 5.97 Å². The molecule has 0 aliphatic heterocycles. The number of rotatable bonds is 2. The third kappa shape index (κ3) is 2.32. The third-order valence-electron chi connectivity index (χ3n) is 4.10. The van der Waals surface area contributed by atoms with E-state index in [1.165, 1.54) is 0 Å². The molecule has 0 atom stereocenters. The summed E-state index contributed by atoms with van der Waals surface area (Å²) in [7, 11) is 0. The molecule has 112 valence electrons. The molecule has 1 aliphatic rings. The Morgan fingerprint density at radius 2 is 1.30 bits per heavy atom. The zero-order chi connectivity index (χ0) is 15.8. The largest absolute Gasteiger partial charge is 0.449 e. The third-order valence-corrected chi connectivity index (χ3v) is 4.42.